The second kappa shape index (κ2) is 9.58. The zero-order valence-electron chi connectivity index (χ0n) is 19.7. The number of rotatable bonds is 9. The zero-order valence-corrected chi connectivity index (χ0v) is 19.7. The predicted octanol–water partition coefficient (Wildman–Crippen LogP) is 4.91. The maximum atomic E-state index is 12.2. The van der Waals surface area contributed by atoms with E-state index in [2.05, 4.69) is 20.3 Å². The fraction of sp³-hybridized carbons (Fsp3) is 0.179. The number of hydrogen-bond acceptors (Lipinski definition) is 5. The third kappa shape index (κ3) is 4.93. The van der Waals surface area contributed by atoms with Gasteiger partial charge in [-0.1, -0.05) is 12.1 Å². The SMILES string of the molecule is O=C(NC1CC1)c1ccc(Nc2nc3c(-c4ccc(OCCn5cccc5)cc4)cccn3n2)cc1. The molecular weight excluding hydrogens is 452 g/mol. The van der Waals surface area contributed by atoms with Crippen molar-refractivity contribution in [2.75, 3.05) is 11.9 Å². The third-order valence-electron chi connectivity index (χ3n) is 6.13. The molecule has 0 bridgehead atoms. The van der Waals surface area contributed by atoms with Crippen LogP contribution in [0.2, 0.25) is 0 Å². The van der Waals surface area contributed by atoms with Crippen LogP contribution in [0.4, 0.5) is 11.6 Å². The number of carbonyl (C=O) groups excluding carboxylic acids is 1. The fourth-order valence-corrected chi connectivity index (χ4v) is 4.03. The Morgan fingerprint density at radius 1 is 0.944 bits per heavy atom. The predicted molar refractivity (Wildman–Crippen MR) is 139 cm³/mol. The van der Waals surface area contributed by atoms with Gasteiger partial charge in [0, 0.05) is 41.4 Å². The lowest BCUT2D eigenvalue weighted by Gasteiger charge is -2.08. The number of anilines is 2. The molecule has 1 aliphatic carbocycles. The van der Waals surface area contributed by atoms with Gasteiger partial charge in [-0.3, -0.25) is 4.79 Å². The summed E-state index contributed by atoms with van der Waals surface area (Å²) in [6, 6.07) is 23.7. The maximum Gasteiger partial charge on any atom is 0.251 e. The normalized spacial score (nSPS) is 13.0. The first-order valence-electron chi connectivity index (χ1n) is 12.1. The van der Waals surface area contributed by atoms with Gasteiger partial charge in [-0.2, -0.15) is 4.98 Å². The highest BCUT2D eigenvalue weighted by atomic mass is 16.5. The molecule has 0 spiro atoms. The summed E-state index contributed by atoms with van der Waals surface area (Å²) in [7, 11) is 0. The van der Waals surface area contributed by atoms with Gasteiger partial charge in [0.05, 0.1) is 6.54 Å². The molecule has 3 aromatic heterocycles. The molecule has 0 radical (unpaired) electrons. The van der Waals surface area contributed by atoms with E-state index in [1.165, 1.54) is 0 Å². The van der Waals surface area contributed by atoms with Crippen molar-refractivity contribution in [3.8, 4) is 16.9 Å². The molecule has 5 aromatic rings. The smallest absolute Gasteiger partial charge is 0.251 e. The third-order valence-corrected chi connectivity index (χ3v) is 6.13. The number of ether oxygens (including phenoxy) is 1. The molecule has 0 unspecified atom stereocenters. The van der Waals surface area contributed by atoms with Gasteiger partial charge in [0.2, 0.25) is 5.95 Å². The van der Waals surface area contributed by atoms with E-state index in [4.69, 9.17) is 9.72 Å². The van der Waals surface area contributed by atoms with Crippen molar-refractivity contribution in [1.29, 1.82) is 0 Å². The highest BCUT2D eigenvalue weighted by Crippen LogP contribution is 2.27. The van der Waals surface area contributed by atoms with Gasteiger partial charge in [0.25, 0.3) is 5.91 Å². The summed E-state index contributed by atoms with van der Waals surface area (Å²) in [5, 5.41) is 10.8. The highest BCUT2D eigenvalue weighted by Gasteiger charge is 2.23. The molecule has 0 aliphatic heterocycles. The molecular formula is C28H26N6O2. The van der Waals surface area contributed by atoms with Gasteiger partial charge in [0.1, 0.15) is 12.4 Å². The fourth-order valence-electron chi connectivity index (χ4n) is 4.03. The quantitative estimate of drug-likeness (QED) is 0.314. The largest absolute Gasteiger partial charge is 0.492 e. The molecule has 2 aromatic carbocycles. The molecule has 8 heteroatoms. The molecule has 1 fully saturated rings. The van der Waals surface area contributed by atoms with Crippen molar-refractivity contribution in [2.45, 2.75) is 25.4 Å². The topological polar surface area (TPSA) is 85.5 Å². The number of aromatic nitrogens is 4. The molecule has 6 rings (SSSR count). The van der Waals surface area contributed by atoms with Crippen LogP contribution in [0.25, 0.3) is 16.8 Å². The number of hydrogen-bond donors (Lipinski definition) is 2. The van der Waals surface area contributed by atoms with Crippen molar-refractivity contribution in [2.24, 2.45) is 0 Å². The first-order chi connectivity index (χ1) is 17.7. The monoisotopic (exact) mass is 478 g/mol. The number of nitrogens with zero attached hydrogens (tertiary/aromatic N) is 4. The van der Waals surface area contributed by atoms with Crippen LogP contribution in [-0.2, 0) is 6.54 Å². The number of benzene rings is 2. The Kier molecular flexibility index (Phi) is 5.83. The maximum absolute atomic E-state index is 12.2. The molecule has 0 saturated heterocycles. The Balaban J connectivity index is 1.14. The number of carbonyl (C=O) groups is 1. The Morgan fingerprint density at radius 3 is 2.47 bits per heavy atom. The molecule has 8 nitrogen and oxygen atoms in total. The van der Waals surface area contributed by atoms with E-state index in [9.17, 15) is 4.79 Å². The van der Waals surface area contributed by atoms with E-state index in [1.54, 1.807) is 4.52 Å². The van der Waals surface area contributed by atoms with Crippen LogP contribution in [-0.4, -0.2) is 37.7 Å². The number of fused-ring (bicyclic) bond motifs is 1. The summed E-state index contributed by atoms with van der Waals surface area (Å²) < 4.78 is 9.73. The Hall–Kier alpha value is -4.59. The summed E-state index contributed by atoms with van der Waals surface area (Å²) in [5.74, 6) is 1.29. The van der Waals surface area contributed by atoms with Crippen LogP contribution in [0, 0.1) is 0 Å². The second-order valence-electron chi connectivity index (χ2n) is 8.87. The zero-order chi connectivity index (χ0) is 24.3. The van der Waals surface area contributed by atoms with Crippen LogP contribution in [0.3, 0.4) is 0 Å². The minimum absolute atomic E-state index is 0.0307. The minimum atomic E-state index is -0.0307. The number of amides is 1. The van der Waals surface area contributed by atoms with E-state index in [-0.39, 0.29) is 5.91 Å². The second-order valence-corrected chi connectivity index (χ2v) is 8.87. The molecule has 180 valence electrons. The lowest BCUT2D eigenvalue weighted by Crippen LogP contribution is -2.25. The number of pyridine rings is 1. The molecule has 2 N–H and O–H groups in total. The molecule has 1 aliphatic rings. The van der Waals surface area contributed by atoms with Gasteiger partial charge in [-0.25, -0.2) is 4.52 Å². The molecule has 0 atom stereocenters. The van der Waals surface area contributed by atoms with Crippen LogP contribution in [0.15, 0.2) is 91.4 Å². The van der Waals surface area contributed by atoms with Crippen molar-refractivity contribution in [1.82, 2.24) is 24.5 Å². The summed E-state index contributed by atoms with van der Waals surface area (Å²) in [6.45, 7) is 1.41. The van der Waals surface area contributed by atoms with Crippen LogP contribution < -0.4 is 15.4 Å². The molecule has 36 heavy (non-hydrogen) atoms. The van der Waals surface area contributed by atoms with Crippen molar-refractivity contribution < 1.29 is 9.53 Å². The van der Waals surface area contributed by atoms with Crippen molar-refractivity contribution in [3.63, 3.8) is 0 Å². The summed E-state index contributed by atoms with van der Waals surface area (Å²) in [6.07, 6.45) is 8.07. The standard InChI is InChI=1S/C28H26N6O2/c35-27(29-22-11-12-22)21-5-9-23(10-6-21)30-28-31-26-25(4-3-17-34(26)32-28)20-7-13-24(14-8-20)36-19-18-33-15-1-2-16-33/h1-10,13-17,22H,11-12,18-19H2,(H,29,35)(H,30,32). The van der Waals surface area contributed by atoms with Gasteiger partial charge < -0.3 is 19.9 Å². The summed E-state index contributed by atoms with van der Waals surface area (Å²) in [5.41, 5.74) is 4.22. The van der Waals surface area contributed by atoms with Crippen molar-refractivity contribution in [3.05, 3.63) is 97.0 Å². The van der Waals surface area contributed by atoms with E-state index in [1.807, 2.05) is 91.4 Å². The number of nitrogens with one attached hydrogen (secondary N) is 2. The molecule has 3 heterocycles. The Labute approximate surface area is 208 Å². The lowest BCUT2D eigenvalue weighted by atomic mass is 10.1. The lowest BCUT2D eigenvalue weighted by molar-refractivity contribution is 0.0951. The minimum Gasteiger partial charge on any atom is -0.492 e. The van der Waals surface area contributed by atoms with E-state index in [0.29, 0.717) is 24.2 Å². The van der Waals surface area contributed by atoms with E-state index in [0.717, 1.165) is 47.6 Å². The summed E-state index contributed by atoms with van der Waals surface area (Å²) >= 11 is 0. The average molecular weight is 479 g/mol. The molecule has 1 saturated carbocycles. The molecule has 1 amide bonds. The van der Waals surface area contributed by atoms with Crippen molar-refractivity contribution >= 4 is 23.2 Å². The Morgan fingerprint density at radius 2 is 1.72 bits per heavy atom. The van der Waals surface area contributed by atoms with Crippen LogP contribution in [0.1, 0.15) is 23.2 Å². The Bertz CT molecular complexity index is 1470. The first kappa shape index (κ1) is 21.9. The first-order valence-corrected chi connectivity index (χ1v) is 12.1. The van der Waals surface area contributed by atoms with E-state index < -0.39 is 0 Å². The van der Waals surface area contributed by atoms with Gasteiger partial charge in [-0.05, 0) is 79.1 Å². The van der Waals surface area contributed by atoms with Gasteiger partial charge >= 0.3 is 0 Å². The summed E-state index contributed by atoms with van der Waals surface area (Å²) in [4.78, 5) is 16.9. The van der Waals surface area contributed by atoms with Gasteiger partial charge in [-0.15, -0.1) is 5.10 Å². The van der Waals surface area contributed by atoms with Gasteiger partial charge in [0.15, 0.2) is 5.65 Å². The average Bonchev–Trinajstić information content (AvgIpc) is 3.37. The van der Waals surface area contributed by atoms with Crippen LogP contribution >= 0.6 is 0 Å². The van der Waals surface area contributed by atoms with E-state index >= 15 is 0 Å². The van der Waals surface area contributed by atoms with Crippen LogP contribution in [0.5, 0.6) is 5.75 Å². The highest BCUT2D eigenvalue weighted by molar-refractivity contribution is 5.95.